The van der Waals surface area contributed by atoms with E-state index < -0.39 is 0 Å². The summed E-state index contributed by atoms with van der Waals surface area (Å²) >= 11 is 1.64. The number of aromatic nitrogens is 3. The Hall–Kier alpha value is -2.05. The first-order valence-corrected chi connectivity index (χ1v) is 9.33. The van der Waals surface area contributed by atoms with E-state index in [1.807, 2.05) is 18.2 Å². The molecule has 1 atom stereocenters. The number of pyridine rings is 1. The van der Waals surface area contributed by atoms with Crippen molar-refractivity contribution in [3.8, 4) is 11.5 Å². The van der Waals surface area contributed by atoms with Crippen LogP contribution in [0.25, 0.3) is 21.7 Å². The van der Waals surface area contributed by atoms with E-state index in [1.165, 1.54) is 12.8 Å². The molecule has 24 heavy (non-hydrogen) atoms. The zero-order chi connectivity index (χ0) is 16.4. The molecular weight excluding hydrogens is 318 g/mol. The quantitative estimate of drug-likeness (QED) is 0.761. The Morgan fingerprint density at radius 1 is 1.21 bits per heavy atom. The first-order valence-electron chi connectivity index (χ1n) is 8.45. The molecule has 124 valence electrons. The minimum Gasteiger partial charge on any atom is -0.367 e. The third-order valence-corrected chi connectivity index (χ3v) is 5.48. The molecule has 0 aromatic carbocycles. The number of rotatable bonds is 4. The van der Waals surface area contributed by atoms with Gasteiger partial charge in [-0.05, 0) is 62.4 Å². The van der Waals surface area contributed by atoms with Gasteiger partial charge >= 0.3 is 0 Å². The van der Waals surface area contributed by atoms with Crippen molar-refractivity contribution in [3.05, 3.63) is 35.8 Å². The second kappa shape index (κ2) is 6.83. The summed E-state index contributed by atoms with van der Waals surface area (Å²) in [6.07, 6.45) is 4.19. The van der Waals surface area contributed by atoms with Gasteiger partial charge in [0, 0.05) is 12.2 Å². The number of hydrogen-bond donors (Lipinski definition) is 2. The molecule has 0 spiro atoms. The summed E-state index contributed by atoms with van der Waals surface area (Å²) in [5.74, 6) is 2.28. The van der Waals surface area contributed by atoms with E-state index in [9.17, 15) is 0 Å². The van der Waals surface area contributed by atoms with E-state index in [4.69, 9.17) is 4.98 Å². The Balaban J connectivity index is 1.67. The molecule has 2 N–H and O–H groups in total. The molecule has 5 nitrogen and oxygen atoms in total. The van der Waals surface area contributed by atoms with Crippen LogP contribution in [0.3, 0.4) is 0 Å². The van der Waals surface area contributed by atoms with Crippen molar-refractivity contribution in [1.82, 2.24) is 20.3 Å². The lowest BCUT2D eigenvalue weighted by atomic mass is 9.91. The average Bonchev–Trinajstić information content (AvgIpc) is 3.12. The van der Waals surface area contributed by atoms with Gasteiger partial charge in [0.15, 0.2) is 5.82 Å². The molecule has 0 saturated carbocycles. The molecule has 0 bridgehead atoms. The second-order valence-electron chi connectivity index (χ2n) is 6.27. The van der Waals surface area contributed by atoms with Crippen LogP contribution in [-0.2, 0) is 0 Å². The number of hydrogen-bond acceptors (Lipinski definition) is 6. The zero-order valence-electron chi connectivity index (χ0n) is 13.7. The predicted octanol–water partition coefficient (Wildman–Crippen LogP) is 3.55. The highest BCUT2D eigenvalue weighted by Crippen LogP contribution is 2.29. The highest BCUT2D eigenvalue weighted by molar-refractivity contribution is 7.16. The van der Waals surface area contributed by atoms with Gasteiger partial charge < -0.3 is 10.6 Å². The van der Waals surface area contributed by atoms with Crippen LogP contribution in [0.4, 0.5) is 5.82 Å². The molecule has 1 fully saturated rings. The molecule has 0 amide bonds. The number of nitrogens with one attached hydrogen (secondary N) is 2. The summed E-state index contributed by atoms with van der Waals surface area (Å²) in [5.41, 5.74) is 0.811. The number of anilines is 1. The van der Waals surface area contributed by atoms with Gasteiger partial charge in [0.2, 0.25) is 0 Å². The van der Waals surface area contributed by atoms with E-state index in [0.717, 1.165) is 34.8 Å². The predicted molar refractivity (Wildman–Crippen MR) is 99.3 cm³/mol. The van der Waals surface area contributed by atoms with E-state index >= 15 is 0 Å². The Bertz CT molecular complexity index is 811. The van der Waals surface area contributed by atoms with Crippen molar-refractivity contribution in [2.45, 2.75) is 25.8 Å². The number of fused-ring (bicyclic) bond motifs is 1. The lowest BCUT2D eigenvalue weighted by Crippen LogP contribution is -2.36. The lowest BCUT2D eigenvalue weighted by Gasteiger charge is -2.29. The molecule has 0 unspecified atom stereocenters. The topological polar surface area (TPSA) is 62.7 Å². The van der Waals surface area contributed by atoms with Gasteiger partial charge in [0.1, 0.15) is 16.3 Å². The molecule has 0 aliphatic carbocycles. The monoisotopic (exact) mass is 339 g/mol. The Morgan fingerprint density at radius 2 is 2.08 bits per heavy atom. The summed E-state index contributed by atoms with van der Waals surface area (Å²) < 4.78 is 0. The minimum atomic E-state index is 0.390. The summed E-state index contributed by atoms with van der Waals surface area (Å²) in [7, 11) is 0. The van der Waals surface area contributed by atoms with Gasteiger partial charge in [-0.25, -0.2) is 9.97 Å². The maximum Gasteiger partial charge on any atom is 0.181 e. The molecule has 3 aromatic rings. The first-order chi connectivity index (χ1) is 11.8. The molecule has 0 radical (unpaired) electrons. The van der Waals surface area contributed by atoms with E-state index in [0.29, 0.717) is 17.8 Å². The molecule has 4 heterocycles. The van der Waals surface area contributed by atoms with Crippen molar-refractivity contribution in [2.24, 2.45) is 5.92 Å². The van der Waals surface area contributed by atoms with Crippen molar-refractivity contribution in [3.63, 3.8) is 0 Å². The number of piperidine rings is 1. The van der Waals surface area contributed by atoms with Crippen LogP contribution in [-0.4, -0.2) is 34.1 Å². The fourth-order valence-electron chi connectivity index (χ4n) is 3.25. The highest BCUT2D eigenvalue weighted by Gasteiger charge is 2.21. The van der Waals surface area contributed by atoms with Gasteiger partial charge in [-0.1, -0.05) is 6.07 Å². The van der Waals surface area contributed by atoms with Gasteiger partial charge in [-0.3, -0.25) is 4.98 Å². The van der Waals surface area contributed by atoms with Crippen LogP contribution < -0.4 is 10.6 Å². The summed E-state index contributed by atoms with van der Waals surface area (Å²) in [5, 5.41) is 10.2. The highest BCUT2D eigenvalue weighted by atomic mass is 32.1. The van der Waals surface area contributed by atoms with E-state index in [-0.39, 0.29) is 0 Å². The molecule has 1 aliphatic rings. The molecule has 4 rings (SSSR count). The number of nitrogens with zero attached hydrogens (tertiary/aromatic N) is 3. The third-order valence-electron chi connectivity index (χ3n) is 4.67. The summed E-state index contributed by atoms with van der Waals surface area (Å²) in [4.78, 5) is 14.9. The Labute approximate surface area is 145 Å². The maximum atomic E-state index is 4.78. The van der Waals surface area contributed by atoms with Gasteiger partial charge in [-0.15, -0.1) is 11.3 Å². The SMILES string of the molecule is C[C@H](Nc1nc(-c2ccccn2)nc2sccc12)C1CCNCC1. The minimum absolute atomic E-state index is 0.390. The standard InChI is InChI=1S/C18H21N5S/c1-12(13-5-9-19-10-6-13)21-16-14-7-11-24-18(14)23-17(22-16)15-4-2-3-8-20-15/h2-4,7-8,11-13,19H,5-6,9-10H2,1H3,(H,21,22,23)/t12-/m0/s1. The third kappa shape index (κ3) is 3.12. The first kappa shape index (κ1) is 15.5. The molecule has 1 aliphatic heterocycles. The van der Waals surface area contributed by atoms with Gasteiger partial charge in [0.25, 0.3) is 0 Å². The van der Waals surface area contributed by atoms with Crippen LogP contribution >= 0.6 is 11.3 Å². The van der Waals surface area contributed by atoms with E-state index in [1.54, 1.807) is 17.5 Å². The van der Waals surface area contributed by atoms with E-state index in [2.05, 4.69) is 39.0 Å². The second-order valence-corrected chi connectivity index (χ2v) is 7.17. The van der Waals surface area contributed by atoms with Crippen molar-refractivity contribution >= 4 is 27.4 Å². The zero-order valence-corrected chi connectivity index (χ0v) is 14.5. The Morgan fingerprint density at radius 3 is 2.88 bits per heavy atom. The van der Waals surface area contributed by atoms with Crippen molar-refractivity contribution in [1.29, 1.82) is 0 Å². The van der Waals surface area contributed by atoms with Crippen molar-refractivity contribution < 1.29 is 0 Å². The fourth-order valence-corrected chi connectivity index (χ4v) is 4.02. The largest absolute Gasteiger partial charge is 0.367 e. The molecule has 6 heteroatoms. The van der Waals surface area contributed by atoms with Crippen LogP contribution in [0.5, 0.6) is 0 Å². The van der Waals surface area contributed by atoms with Crippen LogP contribution in [0, 0.1) is 5.92 Å². The molecular formula is C18H21N5S. The van der Waals surface area contributed by atoms with Crippen LogP contribution in [0.15, 0.2) is 35.8 Å². The number of thiophene rings is 1. The van der Waals surface area contributed by atoms with Crippen LogP contribution in [0.1, 0.15) is 19.8 Å². The Kier molecular flexibility index (Phi) is 4.40. The smallest absolute Gasteiger partial charge is 0.181 e. The summed E-state index contributed by atoms with van der Waals surface area (Å²) in [6, 6.07) is 8.32. The maximum absolute atomic E-state index is 4.78. The lowest BCUT2D eigenvalue weighted by molar-refractivity contribution is 0.343. The van der Waals surface area contributed by atoms with Crippen LogP contribution in [0.2, 0.25) is 0 Å². The molecule has 3 aromatic heterocycles. The van der Waals surface area contributed by atoms with Gasteiger partial charge in [0.05, 0.1) is 5.39 Å². The molecule has 1 saturated heterocycles. The van der Waals surface area contributed by atoms with Gasteiger partial charge in [-0.2, -0.15) is 0 Å². The normalized spacial score (nSPS) is 17.0. The fraction of sp³-hybridized carbons (Fsp3) is 0.389. The summed E-state index contributed by atoms with van der Waals surface area (Å²) in [6.45, 7) is 4.47. The average molecular weight is 339 g/mol. The van der Waals surface area contributed by atoms with Crippen molar-refractivity contribution in [2.75, 3.05) is 18.4 Å².